The highest BCUT2D eigenvalue weighted by Crippen LogP contribution is 2.30. The average Bonchev–Trinajstić information content (AvgIpc) is 2.77. The van der Waals surface area contributed by atoms with Crippen LogP contribution in [0.2, 0.25) is 0 Å². The topological polar surface area (TPSA) is 79.9 Å². The molecule has 1 N–H and O–H groups in total. The lowest BCUT2D eigenvalue weighted by molar-refractivity contribution is 0.340. The van der Waals surface area contributed by atoms with Crippen molar-refractivity contribution < 1.29 is 13.5 Å². The van der Waals surface area contributed by atoms with E-state index in [1.54, 1.807) is 16.7 Å². The summed E-state index contributed by atoms with van der Waals surface area (Å²) in [5.74, 6) is -1.60. The summed E-state index contributed by atoms with van der Waals surface area (Å²) in [6.45, 7) is 2.54. The molecule has 3 aromatic rings. The number of benzene rings is 2. The number of rotatable bonds is 5. The number of fused-ring (bicyclic) bond motifs is 1. The van der Waals surface area contributed by atoms with Crippen molar-refractivity contribution in [1.29, 1.82) is 5.26 Å². The number of aryl methyl sites for hydroxylation is 1. The second-order valence-electron chi connectivity index (χ2n) is 7.37. The normalized spacial score (nSPS) is 16.4. The largest absolute Gasteiger partial charge is 0.453 e. The minimum absolute atomic E-state index is 0.122. The Morgan fingerprint density at radius 2 is 2.10 bits per heavy atom. The minimum Gasteiger partial charge on any atom is -0.453 e. The molecule has 0 amide bonds. The van der Waals surface area contributed by atoms with E-state index in [2.05, 4.69) is 10.3 Å². The van der Waals surface area contributed by atoms with E-state index in [9.17, 15) is 13.6 Å². The first-order valence-corrected chi connectivity index (χ1v) is 9.82. The van der Waals surface area contributed by atoms with Crippen LogP contribution in [-0.4, -0.2) is 22.6 Å². The third-order valence-electron chi connectivity index (χ3n) is 5.36. The van der Waals surface area contributed by atoms with Crippen LogP contribution in [0, 0.1) is 28.9 Å². The Kier molecular flexibility index (Phi) is 5.72. The number of nitriles is 1. The molecule has 0 bridgehead atoms. The Morgan fingerprint density at radius 1 is 1.27 bits per heavy atom. The lowest BCUT2D eigenvalue weighted by atomic mass is 9.96. The number of nitrogens with zero attached hydrogens (tertiary/aromatic N) is 3. The van der Waals surface area contributed by atoms with Gasteiger partial charge in [0.25, 0.3) is 5.56 Å². The number of hydrogen-bond acceptors (Lipinski definition) is 5. The van der Waals surface area contributed by atoms with Crippen molar-refractivity contribution in [3.05, 3.63) is 64.2 Å². The van der Waals surface area contributed by atoms with E-state index in [4.69, 9.17) is 10.00 Å². The fourth-order valence-electron chi connectivity index (χ4n) is 3.71. The molecule has 1 aliphatic heterocycles. The van der Waals surface area contributed by atoms with Gasteiger partial charge in [0.2, 0.25) is 0 Å². The second kappa shape index (κ2) is 8.59. The lowest BCUT2D eigenvalue weighted by Crippen LogP contribution is -2.31. The molecule has 0 saturated carbocycles. The zero-order chi connectivity index (χ0) is 21.1. The highest BCUT2D eigenvalue weighted by molar-refractivity contribution is 5.79. The third kappa shape index (κ3) is 4.02. The van der Waals surface area contributed by atoms with Crippen LogP contribution in [0.3, 0.4) is 0 Å². The number of hydrogen-bond donors (Lipinski definition) is 1. The molecule has 1 aliphatic rings. The summed E-state index contributed by atoms with van der Waals surface area (Å²) in [6, 6.07) is 7.88. The zero-order valence-corrected chi connectivity index (χ0v) is 16.2. The van der Waals surface area contributed by atoms with Crippen molar-refractivity contribution in [1.82, 2.24) is 14.9 Å². The SMILES string of the molecule is N#Cc1c(F)ccc(F)c1Oc1ccc2ncn(CCC3CCCNC3)c(=O)c2c1. The van der Waals surface area contributed by atoms with Crippen LogP contribution in [0.1, 0.15) is 24.8 Å². The average molecular weight is 410 g/mol. The number of halogens is 2. The lowest BCUT2D eigenvalue weighted by Gasteiger charge is -2.22. The van der Waals surface area contributed by atoms with Gasteiger partial charge in [-0.05, 0) is 68.6 Å². The summed E-state index contributed by atoms with van der Waals surface area (Å²) in [4.78, 5) is 17.2. The van der Waals surface area contributed by atoms with Crippen molar-refractivity contribution in [2.45, 2.75) is 25.8 Å². The van der Waals surface area contributed by atoms with Crippen LogP contribution in [-0.2, 0) is 6.54 Å². The number of ether oxygens (including phenoxy) is 1. The molecule has 1 fully saturated rings. The molecule has 0 radical (unpaired) electrons. The van der Waals surface area contributed by atoms with Crippen LogP contribution >= 0.6 is 0 Å². The summed E-state index contributed by atoms with van der Waals surface area (Å²) in [6.07, 6.45) is 4.68. The molecule has 4 rings (SSSR count). The maximum absolute atomic E-state index is 14.1. The van der Waals surface area contributed by atoms with Gasteiger partial charge in [-0.25, -0.2) is 13.8 Å². The summed E-state index contributed by atoms with van der Waals surface area (Å²) in [5.41, 5.74) is -0.280. The van der Waals surface area contributed by atoms with Gasteiger partial charge in [-0.2, -0.15) is 5.26 Å². The van der Waals surface area contributed by atoms with E-state index in [0.717, 1.165) is 44.5 Å². The van der Waals surface area contributed by atoms with E-state index < -0.39 is 22.9 Å². The second-order valence-corrected chi connectivity index (χ2v) is 7.37. The Hall–Kier alpha value is -3.31. The van der Waals surface area contributed by atoms with Gasteiger partial charge in [-0.3, -0.25) is 9.36 Å². The Morgan fingerprint density at radius 3 is 2.87 bits per heavy atom. The molecule has 6 nitrogen and oxygen atoms in total. The Balaban J connectivity index is 1.62. The summed E-state index contributed by atoms with van der Waals surface area (Å²) in [5, 5.41) is 12.8. The van der Waals surface area contributed by atoms with Crippen molar-refractivity contribution in [3.8, 4) is 17.6 Å². The highest BCUT2D eigenvalue weighted by atomic mass is 19.1. The predicted molar refractivity (Wildman–Crippen MR) is 107 cm³/mol. The smallest absolute Gasteiger partial charge is 0.261 e. The number of aromatic nitrogens is 2. The monoisotopic (exact) mass is 410 g/mol. The van der Waals surface area contributed by atoms with Gasteiger partial charge in [0.1, 0.15) is 23.2 Å². The summed E-state index contributed by atoms with van der Waals surface area (Å²) < 4.78 is 34.9. The van der Waals surface area contributed by atoms with Crippen LogP contribution in [0.4, 0.5) is 8.78 Å². The number of nitrogens with one attached hydrogen (secondary N) is 1. The van der Waals surface area contributed by atoms with Gasteiger partial charge >= 0.3 is 0 Å². The Labute approximate surface area is 171 Å². The maximum atomic E-state index is 14.1. The molecule has 0 spiro atoms. The van der Waals surface area contributed by atoms with Crippen molar-refractivity contribution in [3.63, 3.8) is 0 Å². The molecule has 0 aliphatic carbocycles. The quantitative estimate of drug-likeness (QED) is 0.693. The van der Waals surface area contributed by atoms with Crippen LogP contribution < -0.4 is 15.6 Å². The molecule has 1 aromatic heterocycles. The van der Waals surface area contributed by atoms with Crippen molar-refractivity contribution >= 4 is 10.9 Å². The molecule has 154 valence electrons. The van der Waals surface area contributed by atoms with E-state index >= 15 is 0 Å². The first kappa shape index (κ1) is 20.0. The molecular formula is C22H20F2N4O2. The van der Waals surface area contributed by atoms with Crippen LogP contribution in [0.5, 0.6) is 11.5 Å². The van der Waals surface area contributed by atoms with Gasteiger partial charge in [-0.15, -0.1) is 0 Å². The molecule has 1 saturated heterocycles. The Bertz CT molecular complexity index is 1180. The van der Waals surface area contributed by atoms with Gasteiger partial charge in [0.15, 0.2) is 11.6 Å². The summed E-state index contributed by atoms with van der Waals surface area (Å²) >= 11 is 0. The fraction of sp³-hybridized carbons (Fsp3) is 0.318. The summed E-state index contributed by atoms with van der Waals surface area (Å²) in [7, 11) is 0. The van der Waals surface area contributed by atoms with Gasteiger partial charge in [0, 0.05) is 6.54 Å². The van der Waals surface area contributed by atoms with E-state index in [0.29, 0.717) is 23.4 Å². The van der Waals surface area contributed by atoms with Gasteiger partial charge in [-0.1, -0.05) is 0 Å². The van der Waals surface area contributed by atoms with Crippen LogP contribution in [0.15, 0.2) is 41.5 Å². The zero-order valence-electron chi connectivity index (χ0n) is 16.2. The highest BCUT2D eigenvalue weighted by Gasteiger charge is 2.17. The van der Waals surface area contributed by atoms with Crippen LogP contribution in [0.25, 0.3) is 10.9 Å². The third-order valence-corrected chi connectivity index (χ3v) is 5.36. The van der Waals surface area contributed by atoms with E-state index in [1.807, 2.05) is 0 Å². The molecule has 1 unspecified atom stereocenters. The fourth-order valence-corrected chi connectivity index (χ4v) is 3.71. The van der Waals surface area contributed by atoms with E-state index in [1.165, 1.54) is 18.5 Å². The van der Waals surface area contributed by atoms with E-state index in [-0.39, 0.29) is 11.3 Å². The van der Waals surface area contributed by atoms with Gasteiger partial charge in [0.05, 0.1) is 17.2 Å². The molecule has 30 heavy (non-hydrogen) atoms. The van der Waals surface area contributed by atoms with Crippen molar-refractivity contribution in [2.75, 3.05) is 13.1 Å². The predicted octanol–water partition coefficient (Wildman–Crippen LogP) is 3.73. The molecular weight excluding hydrogens is 390 g/mol. The minimum atomic E-state index is -0.879. The maximum Gasteiger partial charge on any atom is 0.261 e. The first-order valence-electron chi connectivity index (χ1n) is 9.82. The molecule has 8 heteroatoms. The van der Waals surface area contributed by atoms with Crippen molar-refractivity contribution in [2.24, 2.45) is 5.92 Å². The molecule has 2 aromatic carbocycles. The number of piperidine rings is 1. The molecule has 2 heterocycles. The standard InChI is InChI=1S/C22H20F2N4O2/c23-18-4-5-19(24)21(17(18)11-25)30-15-3-6-20-16(10-15)22(29)28(13-27-20)9-7-14-2-1-8-26-12-14/h3-6,10,13-14,26H,1-2,7-9,12H2. The molecule has 1 atom stereocenters. The van der Waals surface area contributed by atoms with Gasteiger partial charge < -0.3 is 10.1 Å². The first-order chi connectivity index (χ1) is 14.6.